The molecule has 18 heavy (non-hydrogen) atoms. The number of carbonyl (C=O) groups is 1. The maximum Gasteiger partial charge on any atom is 0.251 e. The molecule has 0 aromatic carbocycles. The fourth-order valence-electron chi connectivity index (χ4n) is 1.66. The van der Waals surface area contributed by atoms with Crippen LogP contribution in [-0.4, -0.2) is 30.6 Å². The quantitative estimate of drug-likeness (QED) is 0.828. The lowest BCUT2D eigenvalue weighted by molar-refractivity contribution is 0.0866. The Morgan fingerprint density at radius 3 is 2.67 bits per heavy atom. The van der Waals surface area contributed by atoms with E-state index >= 15 is 0 Å². The Labute approximate surface area is 108 Å². The molecule has 5 heteroatoms. The number of carbonyl (C=O) groups excluding carboxylic acids is 1. The zero-order chi connectivity index (χ0) is 13.7. The molecule has 1 rings (SSSR count). The maximum absolute atomic E-state index is 12.1. The summed E-state index contributed by atoms with van der Waals surface area (Å²) in [7, 11) is 1.62. The summed E-state index contributed by atoms with van der Waals surface area (Å²) in [5.74, 6) is 0.505. The molecule has 1 aromatic heterocycles. The molecule has 0 aliphatic heterocycles. The van der Waals surface area contributed by atoms with Crippen molar-refractivity contribution in [3.05, 3.63) is 23.4 Å². The number of nitrogens with one attached hydrogen (secondary N) is 1. The van der Waals surface area contributed by atoms with Gasteiger partial charge in [0.15, 0.2) is 0 Å². The van der Waals surface area contributed by atoms with Crippen molar-refractivity contribution in [3.8, 4) is 0 Å². The number of aromatic nitrogens is 1. The largest absolute Gasteiger partial charge is 0.384 e. The highest BCUT2D eigenvalue weighted by atomic mass is 16.5. The van der Waals surface area contributed by atoms with Gasteiger partial charge in [-0.1, -0.05) is 13.8 Å². The van der Waals surface area contributed by atoms with Crippen molar-refractivity contribution in [1.29, 1.82) is 0 Å². The third-order valence-electron chi connectivity index (χ3n) is 2.70. The van der Waals surface area contributed by atoms with E-state index in [1.165, 1.54) is 0 Å². The molecule has 1 heterocycles. The Morgan fingerprint density at radius 2 is 2.17 bits per heavy atom. The summed E-state index contributed by atoms with van der Waals surface area (Å²) in [6, 6.07) is 3.28. The number of aryl methyl sites for hydroxylation is 1. The first-order valence-corrected chi connectivity index (χ1v) is 5.98. The second kappa shape index (κ2) is 6.35. The van der Waals surface area contributed by atoms with E-state index in [1.807, 2.05) is 20.8 Å². The minimum atomic E-state index is -0.150. The number of ether oxygens (including phenoxy) is 1. The topological polar surface area (TPSA) is 77.2 Å². The summed E-state index contributed by atoms with van der Waals surface area (Å²) >= 11 is 0. The summed E-state index contributed by atoms with van der Waals surface area (Å²) in [6.07, 6.45) is 0. The average molecular weight is 251 g/mol. The van der Waals surface area contributed by atoms with E-state index in [-0.39, 0.29) is 11.9 Å². The van der Waals surface area contributed by atoms with Crippen molar-refractivity contribution in [2.24, 2.45) is 5.92 Å². The Balaban J connectivity index is 2.80. The van der Waals surface area contributed by atoms with Gasteiger partial charge in [-0.05, 0) is 25.0 Å². The van der Waals surface area contributed by atoms with Crippen LogP contribution in [0.25, 0.3) is 0 Å². The summed E-state index contributed by atoms with van der Waals surface area (Å²) in [6.45, 7) is 6.37. The van der Waals surface area contributed by atoms with Gasteiger partial charge in [-0.25, -0.2) is 4.98 Å². The molecule has 3 N–H and O–H groups in total. The van der Waals surface area contributed by atoms with Gasteiger partial charge in [0.1, 0.15) is 5.82 Å². The predicted molar refractivity (Wildman–Crippen MR) is 71.4 cm³/mol. The molecule has 100 valence electrons. The molecule has 0 radical (unpaired) electrons. The molecule has 1 atom stereocenters. The monoisotopic (exact) mass is 251 g/mol. The Hall–Kier alpha value is -1.62. The lowest BCUT2D eigenvalue weighted by atomic mass is 10.0. The van der Waals surface area contributed by atoms with Crippen molar-refractivity contribution in [2.45, 2.75) is 26.8 Å². The van der Waals surface area contributed by atoms with E-state index < -0.39 is 0 Å². The van der Waals surface area contributed by atoms with E-state index in [0.717, 1.165) is 5.69 Å². The van der Waals surface area contributed by atoms with E-state index in [9.17, 15) is 4.79 Å². The van der Waals surface area contributed by atoms with Gasteiger partial charge >= 0.3 is 0 Å². The minimum absolute atomic E-state index is 0.0165. The molecule has 0 saturated heterocycles. The Bertz CT molecular complexity index is 398. The lowest BCUT2D eigenvalue weighted by Crippen LogP contribution is -2.41. The Kier molecular flexibility index (Phi) is 5.09. The molecule has 0 aliphatic rings. The van der Waals surface area contributed by atoms with Crippen molar-refractivity contribution in [3.63, 3.8) is 0 Å². The Morgan fingerprint density at radius 1 is 1.50 bits per heavy atom. The standard InChI is InChI=1S/C13H21N3O2/c1-8(2)11(7-18-4)16-13(17)10-5-9(3)15-12(14)6-10/h5-6,8,11H,7H2,1-4H3,(H2,14,15)(H,16,17). The number of amides is 1. The number of nitrogen functional groups attached to an aromatic ring is 1. The number of hydrogen-bond donors (Lipinski definition) is 2. The number of nitrogens with two attached hydrogens (primary N) is 1. The number of methoxy groups -OCH3 is 1. The number of nitrogens with zero attached hydrogens (tertiary/aromatic N) is 1. The van der Waals surface area contributed by atoms with Crippen LogP contribution in [-0.2, 0) is 4.74 Å². The van der Waals surface area contributed by atoms with Gasteiger partial charge in [-0.3, -0.25) is 4.79 Å². The van der Waals surface area contributed by atoms with Crippen molar-refractivity contribution in [2.75, 3.05) is 19.5 Å². The molecule has 5 nitrogen and oxygen atoms in total. The van der Waals surface area contributed by atoms with Gasteiger partial charge in [0, 0.05) is 18.4 Å². The van der Waals surface area contributed by atoms with Gasteiger partial charge in [0.25, 0.3) is 5.91 Å². The summed E-state index contributed by atoms with van der Waals surface area (Å²) in [4.78, 5) is 16.1. The molecule has 0 fully saturated rings. The van der Waals surface area contributed by atoms with Crippen LogP contribution in [0, 0.1) is 12.8 Å². The molecule has 0 saturated carbocycles. The highest BCUT2D eigenvalue weighted by Gasteiger charge is 2.17. The zero-order valence-corrected chi connectivity index (χ0v) is 11.4. The van der Waals surface area contributed by atoms with Gasteiger partial charge in [-0.2, -0.15) is 0 Å². The normalized spacial score (nSPS) is 12.5. The SMILES string of the molecule is COCC(NC(=O)c1cc(C)nc(N)c1)C(C)C. The molecular weight excluding hydrogens is 230 g/mol. The third kappa shape index (κ3) is 4.00. The second-order valence-corrected chi connectivity index (χ2v) is 4.70. The van der Waals surface area contributed by atoms with Crippen molar-refractivity contribution >= 4 is 11.7 Å². The highest BCUT2D eigenvalue weighted by molar-refractivity contribution is 5.95. The van der Waals surface area contributed by atoms with Crippen LogP contribution in [0.15, 0.2) is 12.1 Å². The van der Waals surface area contributed by atoms with Crippen LogP contribution < -0.4 is 11.1 Å². The molecule has 0 spiro atoms. The predicted octanol–water partition coefficient (Wildman–Crippen LogP) is 1.37. The molecule has 1 amide bonds. The van der Waals surface area contributed by atoms with E-state index in [1.54, 1.807) is 19.2 Å². The minimum Gasteiger partial charge on any atom is -0.384 e. The first-order valence-electron chi connectivity index (χ1n) is 5.98. The van der Waals surface area contributed by atoms with Gasteiger partial charge < -0.3 is 15.8 Å². The fraction of sp³-hybridized carbons (Fsp3) is 0.538. The van der Waals surface area contributed by atoms with E-state index in [0.29, 0.717) is 23.9 Å². The van der Waals surface area contributed by atoms with Crippen LogP contribution >= 0.6 is 0 Å². The highest BCUT2D eigenvalue weighted by Crippen LogP contribution is 2.09. The van der Waals surface area contributed by atoms with Crippen LogP contribution in [0.1, 0.15) is 29.9 Å². The number of anilines is 1. The smallest absolute Gasteiger partial charge is 0.251 e. The van der Waals surface area contributed by atoms with E-state index in [4.69, 9.17) is 10.5 Å². The van der Waals surface area contributed by atoms with E-state index in [2.05, 4.69) is 10.3 Å². The molecular formula is C13H21N3O2. The van der Waals surface area contributed by atoms with Gasteiger partial charge in [-0.15, -0.1) is 0 Å². The van der Waals surface area contributed by atoms with Gasteiger partial charge in [0.05, 0.1) is 12.6 Å². The van der Waals surface area contributed by atoms with Crippen LogP contribution in [0.4, 0.5) is 5.82 Å². The number of hydrogen-bond acceptors (Lipinski definition) is 4. The summed E-state index contributed by atoms with van der Waals surface area (Å²) < 4.78 is 5.10. The molecule has 1 unspecified atom stereocenters. The first-order chi connectivity index (χ1) is 8.43. The molecule has 1 aromatic rings. The summed E-state index contributed by atoms with van der Waals surface area (Å²) in [5.41, 5.74) is 6.89. The number of rotatable bonds is 5. The molecule has 0 aliphatic carbocycles. The fourth-order valence-corrected chi connectivity index (χ4v) is 1.66. The third-order valence-corrected chi connectivity index (χ3v) is 2.70. The van der Waals surface area contributed by atoms with Crippen LogP contribution in [0.5, 0.6) is 0 Å². The average Bonchev–Trinajstić information content (AvgIpc) is 2.26. The van der Waals surface area contributed by atoms with Crippen molar-refractivity contribution < 1.29 is 9.53 Å². The maximum atomic E-state index is 12.1. The second-order valence-electron chi connectivity index (χ2n) is 4.70. The van der Waals surface area contributed by atoms with Crippen molar-refractivity contribution in [1.82, 2.24) is 10.3 Å². The lowest BCUT2D eigenvalue weighted by Gasteiger charge is -2.21. The van der Waals surface area contributed by atoms with Crippen LogP contribution in [0.3, 0.4) is 0 Å². The zero-order valence-electron chi connectivity index (χ0n) is 11.4. The first kappa shape index (κ1) is 14.4. The summed E-state index contributed by atoms with van der Waals surface area (Å²) in [5, 5.41) is 2.94. The van der Waals surface area contributed by atoms with Gasteiger partial charge in [0.2, 0.25) is 0 Å². The van der Waals surface area contributed by atoms with Crippen LogP contribution in [0.2, 0.25) is 0 Å². The number of pyridine rings is 1. The molecule has 0 bridgehead atoms.